The summed E-state index contributed by atoms with van der Waals surface area (Å²) in [6.07, 6.45) is 0.0394. The molecule has 1 heterocycles. The minimum Gasteiger partial charge on any atom is -0.400 e. The van der Waals surface area contributed by atoms with Gasteiger partial charge >= 0.3 is 6.18 Å². The molecule has 2 aliphatic rings. The number of rotatable bonds is 1. The van der Waals surface area contributed by atoms with Gasteiger partial charge in [-0.2, -0.15) is 13.2 Å². The summed E-state index contributed by atoms with van der Waals surface area (Å²) in [6, 6.07) is -0.910. The Hall–Kier alpha value is -0.290. The molecule has 1 aliphatic heterocycles. The third-order valence-corrected chi connectivity index (χ3v) is 3.22. The van der Waals surface area contributed by atoms with Gasteiger partial charge in [-0.1, -0.05) is 6.42 Å². The molecule has 2 fully saturated rings. The van der Waals surface area contributed by atoms with Gasteiger partial charge in [0.2, 0.25) is 0 Å². The molecule has 0 aromatic rings. The molecule has 1 unspecified atom stereocenters. The highest BCUT2D eigenvalue weighted by atomic mass is 19.4. The number of aliphatic hydroxyl groups is 1. The van der Waals surface area contributed by atoms with Crippen LogP contribution >= 0.6 is 0 Å². The first-order valence-electron chi connectivity index (χ1n) is 5.36. The molecule has 2 nitrogen and oxygen atoms in total. The number of hydrogen-bond donors (Lipinski definition) is 1. The van der Waals surface area contributed by atoms with Crippen LogP contribution < -0.4 is 0 Å². The van der Waals surface area contributed by atoms with E-state index >= 15 is 0 Å². The van der Waals surface area contributed by atoms with Crippen molar-refractivity contribution in [1.29, 1.82) is 0 Å². The standard InChI is InChI=1S/C9H14F3N.CH4O/c10-9(11,12)8-5-2-6-13(8)7-3-1-4-7;1-2/h7-8H,1-6H2;2H,1H3. The van der Waals surface area contributed by atoms with E-state index in [2.05, 4.69) is 0 Å². The molecule has 0 aromatic carbocycles. The van der Waals surface area contributed by atoms with Gasteiger partial charge in [0.25, 0.3) is 0 Å². The van der Waals surface area contributed by atoms with Gasteiger partial charge in [-0.15, -0.1) is 0 Å². The van der Waals surface area contributed by atoms with Crippen LogP contribution in [0.3, 0.4) is 0 Å². The van der Waals surface area contributed by atoms with Crippen molar-refractivity contribution < 1.29 is 18.3 Å². The van der Waals surface area contributed by atoms with Crippen LogP contribution in [0.1, 0.15) is 32.1 Å². The quantitative estimate of drug-likeness (QED) is 0.739. The summed E-state index contributed by atoms with van der Waals surface area (Å²) in [6.45, 7) is 0.648. The van der Waals surface area contributed by atoms with E-state index in [0.29, 0.717) is 19.4 Å². The van der Waals surface area contributed by atoms with E-state index in [1.54, 1.807) is 4.90 Å². The summed E-state index contributed by atoms with van der Waals surface area (Å²) in [4.78, 5) is 1.67. The summed E-state index contributed by atoms with van der Waals surface area (Å²) in [5.41, 5.74) is 0. The lowest BCUT2D eigenvalue weighted by molar-refractivity contribution is -0.184. The molecule has 2 rings (SSSR count). The highest BCUT2D eigenvalue weighted by Gasteiger charge is 2.48. The predicted molar refractivity (Wildman–Crippen MR) is 51.6 cm³/mol. The topological polar surface area (TPSA) is 23.5 Å². The number of alkyl halides is 3. The van der Waals surface area contributed by atoms with Gasteiger partial charge in [-0.3, -0.25) is 4.90 Å². The molecule has 1 saturated carbocycles. The van der Waals surface area contributed by atoms with Crippen molar-refractivity contribution in [1.82, 2.24) is 4.90 Å². The Kier molecular flexibility index (Phi) is 4.40. The molecule has 90 valence electrons. The van der Waals surface area contributed by atoms with Gasteiger partial charge < -0.3 is 5.11 Å². The van der Waals surface area contributed by atoms with E-state index in [0.717, 1.165) is 26.4 Å². The molecule has 1 N–H and O–H groups in total. The largest absolute Gasteiger partial charge is 0.404 e. The molecule has 1 atom stereocenters. The Morgan fingerprint density at radius 3 is 2.07 bits per heavy atom. The Balaban J connectivity index is 0.000000531. The first kappa shape index (κ1) is 12.8. The fourth-order valence-corrected chi connectivity index (χ4v) is 2.30. The third kappa shape index (κ3) is 2.84. The molecular formula is C10H18F3NO. The average molecular weight is 225 g/mol. The first-order valence-corrected chi connectivity index (χ1v) is 5.36. The Morgan fingerprint density at radius 1 is 1.07 bits per heavy atom. The summed E-state index contributed by atoms with van der Waals surface area (Å²) < 4.78 is 37.5. The van der Waals surface area contributed by atoms with E-state index in [1.165, 1.54) is 0 Å². The van der Waals surface area contributed by atoms with Crippen LogP contribution in [0.15, 0.2) is 0 Å². The Labute approximate surface area is 88.1 Å². The van der Waals surface area contributed by atoms with Crippen LogP contribution in [0.25, 0.3) is 0 Å². The summed E-state index contributed by atoms with van der Waals surface area (Å²) in [5, 5.41) is 7.00. The minimum absolute atomic E-state index is 0.231. The zero-order valence-electron chi connectivity index (χ0n) is 8.93. The van der Waals surface area contributed by atoms with Gasteiger partial charge in [-0.25, -0.2) is 0 Å². The summed E-state index contributed by atoms with van der Waals surface area (Å²) in [7, 11) is 1.00. The van der Waals surface area contributed by atoms with E-state index in [9.17, 15) is 13.2 Å². The average Bonchev–Trinajstić information content (AvgIpc) is 2.52. The fraction of sp³-hybridized carbons (Fsp3) is 1.00. The van der Waals surface area contributed by atoms with Crippen LogP contribution in [0, 0.1) is 0 Å². The predicted octanol–water partition coefficient (Wildman–Crippen LogP) is 2.17. The van der Waals surface area contributed by atoms with Crippen LogP contribution in [0.5, 0.6) is 0 Å². The van der Waals surface area contributed by atoms with Gasteiger partial charge in [-0.05, 0) is 32.2 Å². The second-order valence-electron chi connectivity index (χ2n) is 4.02. The van der Waals surface area contributed by atoms with Crippen molar-refractivity contribution in [2.45, 2.75) is 50.4 Å². The number of likely N-dealkylation sites (tertiary alicyclic amines) is 1. The molecule has 5 heteroatoms. The number of halogens is 3. The monoisotopic (exact) mass is 225 g/mol. The second-order valence-corrected chi connectivity index (χ2v) is 4.02. The molecule has 1 aliphatic carbocycles. The molecule has 0 amide bonds. The SMILES string of the molecule is CO.FC(F)(F)C1CCCN1C1CCC1. The van der Waals surface area contributed by atoms with Crippen molar-refractivity contribution in [2.24, 2.45) is 0 Å². The zero-order valence-corrected chi connectivity index (χ0v) is 8.93. The number of nitrogens with zero attached hydrogens (tertiary/aromatic N) is 1. The molecule has 0 radical (unpaired) electrons. The smallest absolute Gasteiger partial charge is 0.400 e. The van der Waals surface area contributed by atoms with Crippen molar-refractivity contribution in [2.75, 3.05) is 13.7 Å². The van der Waals surface area contributed by atoms with E-state index in [4.69, 9.17) is 5.11 Å². The minimum atomic E-state index is -4.01. The van der Waals surface area contributed by atoms with Gasteiger partial charge in [0.05, 0.1) is 0 Å². The Bertz CT molecular complexity index is 192. The van der Waals surface area contributed by atoms with Crippen molar-refractivity contribution >= 4 is 0 Å². The Morgan fingerprint density at radius 2 is 1.67 bits per heavy atom. The van der Waals surface area contributed by atoms with Crippen LogP contribution in [0.4, 0.5) is 13.2 Å². The summed E-state index contributed by atoms with van der Waals surface area (Å²) in [5.74, 6) is 0. The van der Waals surface area contributed by atoms with E-state index in [1.807, 2.05) is 0 Å². The maximum Gasteiger partial charge on any atom is 0.404 e. The molecular weight excluding hydrogens is 207 g/mol. The fourth-order valence-electron chi connectivity index (χ4n) is 2.30. The second kappa shape index (κ2) is 5.16. The third-order valence-electron chi connectivity index (χ3n) is 3.22. The number of hydrogen-bond acceptors (Lipinski definition) is 2. The van der Waals surface area contributed by atoms with Crippen LogP contribution in [0.2, 0.25) is 0 Å². The van der Waals surface area contributed by atoms with Gasteiger partial charge in [0.1, 0.15) is 6.04 Å². The zero-order chi connectivity index (χ0) is 11.5. The molecule has 0 aromatic heterocycles. The molecule has 0 bridgehead atoms. The lowest BCUT2D eigenvalue weighted by Gasteiger charge is -2.39. The number of aliphatic hydroxyl groups excluding tert-OH is 1. The van der Waals surface area contributed by atoms with E-state index < -0.39 is 12.2 Å². The molecule has 1 saturated heterocycles. The van der Waals surface area contributed by atoms with Crippen molar-refractivity contribution in [3.05, 3.63) is 0 Å². The lowest BCUT2D eigenvalue weighted by Crippen LogP contribution is -2.49. The summed E-state index contributed by atoms with van der Waals surface area (Å²) >= 11 is 0. The first-order chi connectivity index (χ1) is 7.09. The molecule has 15 heavy (non-hydrogen) atoms. The van der Waals surface area contributed by atoms with Crippen LogP contribution in [-0.4, -0.2) is 41.9 Å². The highest BCUT2D eigenvalue weighted by Crippen LogP contribution is 2.38. The maximum absolute atomic E-state index is 12.5. The molecule has 0 spiro atoms. The van der Waals surface area contributed by atoms with Crippen molar-refractivity contribution in [3.8, 4) is 0 Å². The maximum atomic E-state index is 12.5. The normalized spacial score (nSPS) is 28.2. The van der Waals surface area contributed by atoms with Gasteiger partial charge in [0, 0.05) is 13.2 Å². The highest BCUT2D eigenvalue weighted by molar-refractivity contribution is 4.92. The van der Waals surface area contributed by atoms with Crippen molar-refractivity contribution in [3.63, 3.8) is 0 Å². The van der Waals surface area contributed by atoms with Gasteiger partial charge in [0.15, 0.2) is 0 Å². The van der Waals surface area contributed by atoms with E-state index in [-0.39, 0.29) is 6.04 Å². The van der Waals surface area contributed by atoms with Crippen LogP contribution in [-0.2, 0) is 0 Å². The lowest BCUT2D eigenvalue weighted by atomic mass is 9.91.